The number of anilines is 2. The lowest BCUT2D eigenvalue weighted by Crippen LogP contribution is -2.46. The van der Waals surface area contributed by atoms with Gasteiger partial charge in [-0.05, 0) is 28.4 Å². The van der Waals surface area contributed by atoms with Crippen LogP contribution in [0.1, 0.15) is 36.1 Å². The zero-order valence-electron chi connectivity index (χ0n) is 15.6. The molecular weight excluding hydrogens is 354 g/mol. The number of aromatic nitrogens is 3. The van der Waals surface area contributed by atoms with Gasteiger partial charge in [0.05, 0.1) is 26.1 Å². The molecule has 3 aromatic rings. The molecule has 142 valence electrons. The molecule has 5 rings (SSSR count). The van der Waals surface area contributed by atoms with Crippen LogP contribution in [-0.4, -0.2) is 22.8 Å². The number of carbonyl (C=O) groups excluding carboxylic acids is 1. The fraction of sp³-hybridized carbons (Fsp3) is 0.286. The monoisotopic (exact) mass is 376 g/mol. The van der Waals surface area contributed by atoms with Gasteiger partial charge in [0.25, 0.3) is 5.91 Å². The lowest BCUT2D eigenvalue weighted by atomic mass is 9.93. The first-order valence-electron chi connectivity index (χ1n) is 9.50. The van der Waals surface area contributed by atoms with Crippen molar-refractivity contribution in [1.29, 1.82) is 0 Å². The largest absolute Gasteiger partial charge is 0.497 e. The highest BCUT2D eigenvalue weighted by Gasteiger charge is 2.39. The van der Waals surface area contributed by atoms with Crippen molar-refractivity contribution in [2.24, 2.45) is 0 Å². The molecule has 0 bridgehead atoms. The third kappa shape index (κ3) is 2.79. The highest BCUT2D eigenvalue weighted by Crippen LogP contribution is 2.38. The summed E-state index contributed by atoms with van der Waals surface area (Å²) in [5, 5.41) is 11.3. The molecule has 2 atom stereocenters. The van der Waals surface area contributed by atoms with E-state index in [2.05, 4.69) is 51.6 Å². The molecule has 2 aliphatic rings. The smallest absolute Gasteiger partial charge is 0.356 e. The van der Waals surface area contributed by atoms with Gasteiger partial charge in [0.1, 0.15) is 11.8 Å². The minimum Gasteiger partial charge on any atom is -0.497 e. The second-order valence-corrected chi connectivity index (χ2v) is 7.17. The molecule has 1 aromatic heterocycles. The van der Waals surface area contributed by atoms with Crippen molar-refractivity contribution in [2.45, 2.75) is 31.5 Å². The molecule has 28 heavy (non-hydrogen) atoms. The van der Waals surface area contributed by atoms with Gasteiger partial charge in [-0.3, -0.25) is 10.1 Å². The van der Waals surface area contributed by atoms with E-state index < -0.39 is 0 Å². The molecule has 2 aliphatic heterocycles. The number of methoxy groups -OCH3 is 1. The number of rotatable bonds is 3. The Labute approximate surface area is 163 Å². The summed E-state index contributed by atoms with van der Waals surface area (Å²) in [4.78, 5) is 11.8. The molecule has 2 aromatic carbocycles. The van der Waals surface area contributed by atoms with E-state index in [0.717, 1.165) is 23.7 Å². The zero-order valence-corrected chi connectivity index (χ0v) is 15.6. The van der Waals surface area contributed by atoms with Gasteiger partial charge in [0, 0.05) is 6.42 Å². The number of benzene rings is 2. The van der Waals surface area contributed by atoms with E-state index in [0.29, 0.717) is 18.9 Å². The Balaban J connectivity index is 1.60. The normalized spacial score (nSPS) is 20.5. The number of amides is 1. The Bertz CT molecular complexity index is 1010. The van der Waals surface area contributed by atoms with Crippen LogP contribution in [0.15, 0.2) is 54.6 Å². The van der Waals surface area contributed by atoms with Crippen LogP contribution in [0.5, 0.6) is 5.75 Å². The molecule has 7 heteroatoms. The summed E-state index contributed by atoms with van der Waals surface area (Å²) >= 11 is 0. The van der Waals surface area contributed by atoms with Crippen molar-refractivity contribution in [3.8, 4) is 5.75 Å². The summed E-state index contributed by atoms with van der Waals surface area (Å²) in [7, 11) is 1.67. The van der Waals surface area contributed by atoms with Gasteiger partial charge in [-0.1, -0.05) is 42.5 Å². The third-order valence-electron chi connectivity index (χ3n) is 5.50. The van der Waals surface area contributed by atoms with Crippen molar-refractivity contribution in [3.05, 3.63) is 65.7 Å². The second kappa shape index (κ2) is 6.67. The predicted octanol–water partition coefficient (Wildman–Crippen LogP) is 2.67. The molecule has 0 fully saturated rings. The van der Waals surface area contributed by atoms with Gasteiger partial charge < -0.3 is 4.74 Å². The van der Waals surface area contributed by atoms with Gasteiger partial charge in [-0.25, -0.2) is 9.88 Å². The number of carbonyl (C=O) groups is 1. The summed E-state index contributed by atoms with van der Waals surface area (Å²) in [5.41, 5.74) is 2.40. The molecule has 1 amide bonds. The van der Waals surface area contributed by atoms with Crippen molar-refractivity contribution in [2.75, 3.05) is 17.7 Å². The number of nitrogens with zero attached hydrogens (tertiary/aromatic N) is 3. The van der Waals surface area contributed by atoms with Crippen LogP contribution in [0.2, 0.25) is 0 Å². The molecule has 0 radical (unpaired) electrons. The van der Waals surface area contributed by atoms with Crippen LogP contribution in [0.25, 0.3) is 0 Å². The molecule has 3 heterocycles. The standard InChI is InChI=1S/C21H21N5O2/c1-28-16-9-7-15(8-10-16)18-13-17(14-5-3-2-4-6-14)22-21-25-12-11-19(27)23-20(25)24-26(18)21/h2-10,17-18H,11-13H2,1H3,(H,23,24,27)/p+1. The predicted molar refractivity (Wildman–Crippen MR) is 104 cm³/mol. The molecule has 2 unspecified atom stereocenters. The molecule has 0 aliphatic carbocycles. The average molecular weight is 376 g/mol. The fourth-order valence-electron chi connectivity index (χ4n) is 4.04. The fourth-order valence-corrected chi connectivity index (χ4v) is 4.04. The van der Waals surface area contributed by atoms with E-state index in [-0.39, 0.29) is 18.0 Å². The Hall–Kier alpha value is -3.35. The van der Waals surface area contributed by atoms with Crippen LogP contribution >= 0.6 is 0 Å². The summed E-state index contributed by atoms with van der Waals surface area (Å²) in [5.74, 6) is 2.37. The van der Waals surface area contributed by atoms with Gasteiger partial charge in [0.2, 0.25) is 0 Å². The Morgan fingerprint density at radius 2 is 1.89 bits per heavy atom. The van der Waals surface area contributed by atoms with Crippen LogP contribution < -0.4 is 19.9 Å². The molecule has 0 saturated carbocycles. The number of ether oxygens (including phenoxy) is 1. The zero-order chi connectivity index (χ0) is 19.1. The van der Waals surface area contributed by atoms with Crippen LogP contribution in [-0.2, 0) is 11.3 Å². The highest BCUT2D eigenvalue weighted by atomic mass is 16.5. The minimum atomic E-state index is 0.0102. The summed E-state index contributed by atoms with van der Waals surface area (Å²) in [6.45, 7) is 0.625. The first kappa shape index (κ1) is 16.8. The van der Waals surface area contributed by atoms with Crippen LogP contribution in [0.4, 0.5) is 11.9 Å². The van der Waals surface area contributed by atoms with E-state index in [1.165, 1.54) is 5.56 Å². The second-order valence-electron chi connectivity index (χ2n) is 7.17. The topological polar surface area (TPSA) is 72.1 Å². The molecule has 0 spiro atoms. The van der Waals surface area contributed by atoms with E-state index in [1.54, 1.807) is 7.11 Å². The summed E-state index contributed by atoms with van der Waals surface area (Å²) in [6.07, 6.45) is 1.32. The number of fused-ring (bicyclic) bond motifs is 3. The van der Waals surface area contributed by atoms with E-state index in [9.17, 15) is 4.79 Å². The Morgan fingerprint density at radius 1 is 1.11 bits per heavy atom. The maximum atomic E-state index is 11.8. The molecule has 0 saturated heterocycles. The van der Waals surface area contributed by atoms with E-state index in [1.807, 2.05) is 22.9 Å². The molecule has 2 N–H and O–H groups in total. The lowest BCUT2D eigenvalue weighted by Gasteiger charge is -2.28. The maximum Gasteiger partial charge on any atom is 0.356 e. The number of hydrogen-bond donors (Lipinski definition) is 2. The van der Waals surface area contributed by atoms with Gasteiger partial charge >= 0.3 is 11.9 Å². The third-order valence-corrected chi connectivity index (χ3v) is 5.50. The minimum absolute atomic E-state index is 0.0102. The first-order valence-corrected chi connectivity index (χ1v) is 9.50. The molecule has 7 nitrogen and oxygen atoms in total. The van der Waals surface area contributed by atoms with Crippen molar-refractivity contribution < 1.29 is 14.1 Å². The van der Waals surface area contributed by atoms with E-state index >= 15 is 0 Å². The maximum absolute atomic E-state index is 11.8. The van der Waals surface area contributed by atoms with Crippen molar-refractivity contribution in [1.82, 2.24) is 9.78 Å². The number of hydrogen-bond acceptors (Lipinski definition) is 4. The van der Waals surface area contributed by atoms with Crippen LogP contribution in [0.3, 0.4) is 0 Å². The van der Waals surface area contributed by atoms with Gasteiger partial charge in [-0.2, -0.15) is 0 Å². The lowest BCUT2D eigenvalue weighted by molar-refractivity contribution is -0.671. The van der Waals surface area contributed by atoms with Crippen molar-refractivity contribution in [3.63, 3.8) is 0 Å². The van der Waals surface area contributed by atoms with Crippen molar-refractivity contribution >= 4 is 17.8 Å². The Kier molecular flexibility index (Phi) is 4.00. The summed E-state index contributed by atoms with van der Waals surface area (Å²) < 4.78 is 9.37. The molecular formula is C21H22N5O2+. The highest BCUT2D eigenvalue weighted by molar-refractivity contribution is 5.88. The van der Waals surface area contributed by atoms with Gasteiger partial charge in [-0.15, -0.1) is 4.68 Å². The van der Waals surface area contributed by atoms with Gasteiger partial charge in [0.15, 0.2) is 0 Å². The SMILES string of the molecule is COc1ccc(C2CC(c3ccccc3)Nc3n2nc2[n+]3CCC(=O)N2)cc1. The van der Waals surface area contributed by atoms with E-state index in [4.69, 9.17) is 9.84 Å². The Morgan fingerprint density at radius 3 is 2.64 bits per heavy atom. The first-order chi connectivity index (χ1) is 13.7. The number of nitrogens with one attached hydrogen (secondary N) is 2. The van der Waals surface area contributed by atoms with Crippen LogP contribution in [0, 0.1) is 0 Å². The summed E-state index contributed by atoms with van der Waals surface area (Å²) in [6, 6.07) is 18.8. The average Bonchev–Trinajstić information content (AvgIpc) is 3.11. The quantitative estimate of drug-likeness (QED) is 0.690.